The minimum Gasteiger partial charge on any atom is -0.466 e. The molecule has 0 rings (SSSR count). The van der Waals surface area contributed by atoms with E-state index in [0.717, 1.165) is 57.8 Å². The summed E-state index contributed by atoms with van der Waals surface area (Å²) in [6, 6.07) is -0.543. The van der Waals surface area contributed by atoms with Crippen molar-refractivity contribution in [3.05, 3.63) is 48.6 Å². The van der Waals surface area contributed by atoms with Crippen molar-refractivity contribution in [3.63, 3.8) is 0 Å². The van der Waals surface area contributed by atoms with Crippen molar-refractivity contribution >= 4 is 11.9 Å². The molecule has 6 nitrogen and oxygen atoms in total. The zero-order valence-corrected chi connectivity index (χ0v) is 58.1. The van der Waals surface area contributed by atoms with Crippen LogP contribution in [0.1, 0.15) is 425 Å². The molecule has 86 heavy (non-hydrogen) atoms. The molecule has 0 aliphatic rings. The second-order valence-electron chi connectivity index (χ2n) is 26.7. The molecule has 0 aromatic carbocycles. The average molecular weight is 1210 g/mol. The number of allylic oxidation sites excluding steroid dienone is 8. The van der Waals surface area contributed by atoms with Crippen LogP contribution < -0.4 is 5.32 Å². The molecule has 0 heterocycles. The van der Waals surface area contributed by atoms with Crippen LogP contribution in [0.2, 0.25) is 0 Å². The van der Waals surface area contributed by atoms with Crippen molar-refractivity contribution in [2.24, 2.45) is 0 Å². The third-order valence-corrected chi connectivity index (χ3v) is 18.1. The second kappa shape index (κ2) is 75.3. The van der Waals surface area contributed by atoms with Gasteiger partial charge in [0.1, 0.15) is 0 Å². The van der Waals surface area contributed by atoms with E-state index in [2.05, 4.69) is 67.8 Å². The molecule has 2 atom stereocenters. The van der Waals surface area contributed by atoms with Gasteiger partial charge < -0.3 is 20.3 Å². The summed E-state index contributed by atoms with van der Waals surface area (Å²) >= 11 is 0. The number of hydrogen-bond donors (Lipinski definition) is 3. The summed E-state index contributed by atoms with van der Waals surface area (Å²) in [6.07, 6.45) is 99.0. The lowest BCUT2D eigenvalue weighted by Gasteiger charge is -2.22. The Balaban J connectivity index is 3.40. The van der Waals surface area contributed by atoms with Crippen LogP contribution in [0.15, 0.2) is 48.6 Å². The average Bonchev–Trinajstić information content (AvgIpc) is 3.54. The molecule has 0 saturated carbocycles. The highest BCUT2D eigenvalue weighted by Crippen LogP contribution is 2.19. The lowest BCUT2D eigenvalue weighted by Crippen LogP contribution is -2.45. The van der Waals surface area contributed by atoms with Crippen LogP contribution in [0.3, 0.4) is 0 Å². The molecular weight excluding hydrogens is 1050 g/mol. The van der Waals surface area contributed by atoms with Gasteiger partial charge in [-0.3, -0.25) is 9.59 Å². The molecule has 3 N–H and O–H groups in total. The van der Waals surface area contributed by atoms with Crippen molar-refractivity contribution in [1.82, 2.24) is 5.32 Å². The number of ether oxygens (including phenoxy) is 1. The van der Waals surface area contributed by atoms with Crippen molar-refractivity contribution in [3.8, 4) is 0 Å². The molecular formula is C80H151NO5. The summed E-state index contributed by atoms with van der Waals surface area (Å²) in [5.74, 6) is -0.0307. The standard InChI is InChI=1S/C80H151NO5/c1-3-5-7-9-11-13-15-17-19-20-21-22-23-33-36-39-42-45-48-52-56-60-64-68-72-78(83)77(76-82)81-79(84)73-69-65-61-57-53-49-46-43-40-37-34-31-29-27-25-24-26-28-30-32-35-38-41-44-47-51-55-59-63-67-71-75-86-80(85)74-70-66-62-58-54-50-18-16-14-12-10-8-6-4-2/h10,12,16,18,26,28,32,35,77-78,82-83H,3-9,11,13-15,17,19-25,27,29-31,33-34,36-76H2,1-2H3,(H,81,84)/b12-10-,18-16-,28-26-,35-32-. The van der Waals surface area contributed by atoms with E-state index in [1.54, 1.807) is 0 Å². The number of amides is 1. The predicted molar refractivity (Wildman–Crippen MR) is 379 cm³/mol. The van der Waals surface area contributed by atoms with Crippen LogP contribution in [0.25, 0.3) is 0 Å². The molecule has 0 aromatic rings. The zero-order chi connectivity index (χ0) is 62.0. The van der Waals surface area contributed by atoms with Gasteiger partial charge in [-0.15, -0.1) is 0 Å². The van der Waals surface area contributed by atoms with Gasteiger partial charge in [-0.25, -0.2) is 0 Å². The maximum absolute atomic E-state index is 12.6. The van der Waals surface area contributed by atoms with Gasteiger partial charge in [-0.1, -0.05) is 377 Å². The number of rotatable bonds is 73. The fraction of sp³-hybridized carbons (Fsp3) is 0.875. The van der Waals surface area contributed by atoms with E-state index in [4.69, 9.17) is 4.74 Å². The van der Waals surface area contributed by atoms with Crippen LogP contribution in [-0.2, 0) is 14.3 Å². The summed E-state index contributed by atoms with van der Waals surface area (Å²) in [4.78, 5) is 24.6. The van der Waals surface area contributed by atoms with Gasteiger partial charge in [0.25, 0.3) is 0 Å². The maximum atomic E-state index is 12.6. The Morgan fingerprint density at radius 1 is 0.326 bits per heavy atom. The van der Waals surface area contributed by atoms with Gasteiger partial charge in [0.2, 0.25) is 5.91 Å². The molecule has 0 radical (unpaired) electrons. The van der Waals surface area contributed by atoms with Crippen LogP contribution in [0.4, 0.5) is 0 Å². The van der Waals surface area contributed by atoms with Crippen molar-refractivity contribution in [2.75, 3.05) is 13.2 Å². The third kappa shape index (κ3) is 70.9. The Morgan fingerprint density at radius 2 is 0.593 bits per heavy atom. The molecule has 0 spiro atoms. The first-order valence-electron chi connectivity index (χ1n) is 38.9. The Bertz CT molecular complexity index is 1440. The summed E-state index contributed by atoms with van der Waals surface area (Å²) in [5, 5.41) is 23.5. The number of carbonyl (C=O) groups excluding carboxylic acids is 2. The Labute approximate surface area is 537 Å². The van der Waals surface area contributed by atoms with Gasteiger partial charge in [-0.05, 0) is 83.5 Å². The van der Waals surface area contributed by atoms with E-state index in [9.17, 15) is 19.8 Å². The van der Waals surface area contributed by atoms with Gasteiger partial charge in [0.15, 0.2) is 0 Å². The predicted octanol–water partition coefficient (Wildman–Crippen LogP) is 25.6. The summed E-state index contributed by atoms with van der Waals surface area (Å²) in [6.45, 7) is 4.94. The number of aliphatic hydroxyl groups is 2. The Kier molecular flexibility index (Phi) is 73.4. The number of esters is 1. The lowest BCUT2D eigenvalue weighted by molar-refractivity contribution is -0.143. The van der Waals surface area contributed by atoms with Crippen LogP contribution in [0, 0.1) is 0 Å². The van der Waals surface area contributed by atoms with E-state index >= 15 is 0 Å². The van der Waals surface area contributed by atoms with Gasteiger partial charge in [0, 0.05) is 12.8 Å². The fourth-order valence-corrected chi connectivity index (χ4v) is 12.2. The highest BCUT2D eigenvalue weighted by molar-refractivity contribution is 5.76. The van der Waals surface area contributed by atoms with E-state index in [1.165, 1.54) is 334 Å². The van der Waals surface area contributed by atoms with Crippen LogP contribution in [-0.4, -0.2) is 47.4 Å². The normalized spacial score (nSPS) is 12.7. The first-order valence-corrected chi connectivity index (χ1v) is 38.9. The number of unbranched alkanes of at least 4 members (excludes halogenated alkanes) is 54. The molecule has 6 heteroatoms. The molecule has 0 aliphatic carbocycles. The maximum Gasteiger partial charge on any atom is 0.305 e. The zero-order valence-electron chi connectivity index (χ0n) is 58.1. The van der Waals surface area contributed by atoms with E-state index in [0.29, 0.717) is 25.9 Å². The molecule has 0 aliphatic heterocycles. The minimum atomic E-state index is -0.666. The number of nitrogens with one attached hydrogen (secondary N) is 1. The molecule has 0 aromatic heterocycles. The molecule has 2 unspecified atom stereocenters. The van der Waals surface area contributed by atoms with Crippen molar-refractivity contribution in [1.29, 1.82) is 0 Å². The third-order valence-electron chi connectivity index (χ3n) is 18.1. The molecule has 0 saturated heterocycles. The summed E-state index contributed by atoms with van der Waals surface area (Å²) in [7, 11) is 0. The van der Waals surface area contributed by atoms with Crippen LogP contribution >= 0.6 is 0 Å². The second-order valence-corrected chi connectivity index (χ2v) is 26.7. The fourth-order valence-electron chi connectivity index (χ4n) is 12.2. The molecule has 1 amide bonds. The van der Waals surface area contributed by atoms with Gasteiger partial charge in [-0.2, -0.15) is 0 Å². The van der Waals surface area contributed by atoms with Gasteiger partial charge in [0.05, 0.1) is 25.4 Å². The summed E-state index contributed by atoms with van der Waals surface area (Å²) < 4.78 is 5.48. The van der Waals surface area contributed by atoms with Crippen molar-refractivity contribution in [2.45, 2.75) is 437 Å². The largest absolute Gasteiger partial charge is 0.466 e. The quantitative estimate of drug-likeness (QED) is 0.0320. The highest BCUT2D eigenvalue weighted by Gasteiger charge is 2.20. The van der Waals surface area contributed by atoms with Gasteiger partial charge >= 0.3 is 5.97 Å². The lowest BCUT2D eigenvalue weighted by atomic mass is 10.0. The van der Waals surface area contributed by atoms with E-state index in [1.807, 2.05) is 0 Å². The van der Waals surface area contributed by atoms with E-state index < -0.39 is 12.1 Å². The SMILES string of the molecule is CCCC/C=C\C/C=C\CCCCCCCC(=O)OCCCCCCCCCCC/C=C\C/C=C\CCCCCCCCCCCCCCCCCC(=O)NC(CO)C(O)CCCCCCCCCCCCCCCCCCCCCCCCCC. The highest BCUT2D eigenvalue weighted by atomic mass is 16.5. The number of hydrogen-bond acceptors (Lipinski definition) is 5. The minimum absolute atomic E-state index is 0.00109. The smallest absolute Gasteiger partial charge is 0.305 e. The Hall–Kier alpha value is -2.18. The Morgan fingerprint density at radius 3 is 0.919 bits per heavy atom. The molecule has 506 valence electrons. The molecule has 0 fully saturated rings. The van der Waals surface area contributed by atoms with Crippen molar-refractivity contribution < 1.29 is 24.5 Å². The first-order chi connectivity index (χ1) is 42.5. The van der Waals surface area contributed by atoms with E-state index in [-0.39, 0.29) is 18.5 Å². The number of aliphatic hydroxyl groups excluding tert-OH is 2. The monoisotopic (exact) mass is 1210 g/mol. The van der Waals surface area contributed by atoms with Crippen LogP contribution in [0.5, 0.6) is 0 Å². The molecule has 0 bridgehead atoms. The summed E-state index contributed by atoms with van der Waals surface area (Å²) in [5.41, 5.74) is 0. The topological polar surface area (TPSA) is 95.9 Å². The first kappa shape index (κ1) is 83.8. The number of carbonyl (C=O) groups is 2.